The number of nitrogens with zero attached hydrogens (tertiary/aromatic N) is 2. The molecule has 4 nitrogen and oxygen atoms in total. The van der Waals surface area contributed by atoms with Crippen molar-refractivity contribution in [3.05, 3.63) is 23.7 Å². The van der Waals surface area contributed by atoms with Crippen molar-refractivity contribution in [2.24, 2.45) is 5.92 Å². The molecule has 1 fully saturated rings. The largest absolute Gasteiger partial charge is 0.481 e. The molecular formula is C14H16N2O2S. The smallest absolute Gasteiger partial charge is 0.306 e. The van der Waals surface area contributed by atoms with Crippen LogP contribution in [0.5, 0.6) is 0 Å². The van der Waals surface area contributed by atoms with Crippen LogP contribution in [-0.2, 0) is 4.79 Å². The zero-order chi connectivity index (χ0) is 13.4. The lowest BCUT2D eigenvalue weighted by atomic mass is 9.91. The van der Waals surface area contributed by atoms with Gasteiger partial charge in [-0.3, -0.25) is 4.79 Å². The molecule has 19 heavy (non-hydrogen) atoms. The van der Waals surface area contributed by atoms with E-state index in [2.05, 4.69) is 28.3 Å². The van der Waals surface area contributed by atoms with Gasteiger partial charge in [0, 0.05) is 28.9 Å². The number of fused-ring (bicyclic) bond motifs is 1. The molecule has 1 saturated heterocycles. The van der Waals surface area contributed by atoms with Crippen LogP contribution in [0.1, 0.15) is 19.8 Å². The van der Waals surface area contributed by atoms with E-state index in [0.29, 0.717) is 12.8 Å². The second-order valence-corrected chi connectivity index (χ2v) is 6.02. The third kappa shape index (κ3) is 2.18. The number of anilines is 1. The van der Waals surface area contributed by atoms with Crippen LogP contribution < -0.4 is 4.90 Å². The van der Waals surface area contributed by atoms with E-state index in [1.165, 1.54) is 10.1 Å². The summed E-state index contributed by atoms with van der Waals surface area (Å²) in [4.78, 5) is 17.8. The van der Waals surface area contributed by atoms with Gasteiger partial charge in [-0.15, -0.1) is 11.3 Å². The Morgan fingerprint density at radius 1 is 1.53 bits per heavy atom. The molecule has 0 saturated carbocycles. The Bertz CT molecular complexity index is 610. The van der Waals surface area contributed by atoms with Gasteiger partial charge in [-0.05, 0) is 37.3 Å². The van der Waals surface area contributed by atoms with Gasteiger partial charge >= 0.3 is 5.97 Å². The topological polar surface area (TPSA) is 53.4 Å². The van der Waals surface area contributed by atoms with Gasteiger partial charge in [0.15, 0.2) is 0 Å². The standard InChI is InChI=1S/C14H16N2O2S/c1-9-8-10(14(17)18)3-6-16(9)13-11-4-7-19-12(11)2-5-15-13/h2,4-5,7,9-10H,3,6,8H2,1H3,(H,17,18). The minimum Gasteiger partial charge on any atom is -0.481 e. The molecule has 2 aromatic rings. The van der Waals surface area contributed by atoms with Crippen LogP contribution in [0.2, 0.25) is 0 Å². The highest BCUT2D eigenvalue weighted by molar-refractivity contribution is 7.17. The second kappa shape index (κ2) is 4.81. The molecule has 1 N–H and O–H groups in total. The molecular weight excluding hydrogens is 260 g/mol. The Hall–Kier alpha value is -1.62. The molecule has 2 atom stereocenters. The first-order valence-corrected chi connectivity index (χ1v) is 7.36. The first-order chi connectivity index (χ1) is 9.16. The highest BCUT2D eigenvalue weighted by Crippen LogP contribution is 2.33. The van der Waals surface area contributed by atoms with E-state index in [-0.39, 0.29) is 12.0 Å². The van der Waals surface area contributed by atoms with Crippen molar-refractivity contribution in [1.29, 1.82) is 0 Å². The van der Waals surface area contributed by atoms with Gasteiger partial charge in [-0.2, -0.15) is 0 Å². The molecule has 0 aliphatic carbocycles. The first kappa shape index (κ1) is 12.4. The number of piperidine rings is 1. The fourth-order valence-electron chi connectivity index (χ4n) is 2.82. The van der Waals surface area contributed by atoms with Gasteiger partial charge < -0.3 is 10.0 Å². The molecule has 0 aromatic carbocycles. The van der Waals surface area contributed by atoms with Crippen molar-refractivity contribution < 1.29 is 9.90 Å². The monoisotopic (exact) mass is 276 g/mol. The van der Waals surface area contributed by atoms with E-state index in [1.54, 1.807) is 11.3 Å². The van der Waals surface area contributed by atoms with E-state index < -0.39 is 5.97 Å². The number of carboxylic acid groups (broad SMARTS) is 1. The lowest BCUT2D eigenvalue weighted by molar-refractivity contribution is -0.142. The maximum absolute atomic E-state index is 11.1. The Morgan fingerprint density at radius 2 is 2.37 bits per heavy atom. The van der Waals surface area contributed by atoms with Crippen molar-refractivity contribution in [2.45, 2.75) is 25.8 Å². The normalized spacial score (nSPS) is 23.7. The molecule has 0 spiro atoms. The average Bonchev–Trinajstić information content (AvgIpc) is 2.86. The fraction of sp³-hybridized carbons (Fsp3) is 0.429. The summed E-state index contributed by atoms with van der Waals surface area (Å²) >= 11 is 1.71. The number of carbonyl (C=O) groups is 1. The lowest BCUT2D eigenvalue weighted by Crippen LogP contribution is -2.43. The number of aliphatic carboxylic acids is 1. The molecule has 5 heteroatoms. The number of carboxylic acids is 1. The van der Waals surface area contributed by atoms with Crippen LogP contribution in [0.3, 0.4) is 0 Å². The highest BCUT2D eigenvalue weighted by Gasteiger charge is 2.30. The van der Waals surface area contributed by atoms with Crippen LogP contribution in [0, 0.1) is 5.92 Å². The van der Waals surface area contributed by atoms with Gasteiger partial charge in [-0.25, -0.2) is 4.98 Å². The number of thiophene rings is 1. The number of pyridine rings is 1. The van der Waals surface area contributed by atoms with Crippen molar-refractivity contribution in [1.82, 2.24) is 4.98 Å². The summed E-state index contributed by atoms with van der Waals surface area (Å²) in [5.41, 5.74) is 0. The molecule has 2 aromatic heterocycles. The highest BCUT2D eigenvalue weighted by atomic mass is 32.1. The van der Waals surface area contributed by atoms with Crippen molar-refractivity contribution in [3.8, 4) is 0 Å². The Labute approximate surface area is 115 Å². The maximum Gasteiger partial charge on any atom is 0.306 e. The summed E-state index contributed by atoms with van der Waals surface area (Å²) in [6.45, 7) is 2.85. The minimum atomic E-state index is -0.673. The molecule has 0 amide bonds. The van der Waals surface area contributed by atoms with Crippen molar-refractivity contribution in [2.75, 3.05) is 11.4 Å². The quantitative estimate of drug-likeness (QED) is 0.916. The van der Waals surface area contributed by atoms with Crippen LogP contribution >= 0.6 is 11.3 Å². The predicted molar refractivity (Wildman–Crippen MR) is 76.8 cm³/mol. The molecule has 1 aliphatic heterocycles. The Balaban J connectivity index is 1.91. The molecule has 2 unspecified atom stereocenters. The zero-order valence-corrected chi connectivity index (χ0v) is 11.6. The molecule has 1 aliphatic rings. The van der Waals surface area contributed by atoms with E-state index in [9.17, 15) is 4.79 Å². The van der Waals surface area contributed by atoms with Crippen LogP contribution in [-0.4, -0.2) is 28.6 Å². The Morgan fingerprint density at radius 3 is 3.11 bits per heavy atom. The van der Waals surface area contributed by atoms with Crippen LogP contribution in [0.15, 0.2) is 23.7 Å². The Kier molecular flexibility index (Phi) is 3.14. The number of hydrogen-bond acceptors (Lipinski definition) is 4. The minimum absolute atomic E-state index is 0.215. The summed E-state index contributed by atoms with van der Waals surface area (Å²) in [5, 5.41) is 12.4. The van der Waals surface area contributed by atoms with Crippen LogP contribution in [0.25, 0.3) is 10.1 Å². The predicted octanol–water partition coefficient (Wildman–Crippen LogP) is 2.99. The molecule has 3 heterocycles. The van der Waals surface area contributed by atoms with Gasteiger partial charge in [0.05, 0.1) is 5.92 Å². The summed E-state index contributed by atoms with van der Waals surface area (Å²) < 4.78 is 1.23. The number of aromatic nitrogens is 1. The van der Waals surface area contributed by atoms with Gasteiger partial charge in [0.1, 0.15) is 5.82 Å². The molecule has 0 radical (unpaired) electrons. The molecule has 100 valence electrons. The molecule has 0 bridgehead atoms. The average molecular weight is 276 g/mol. The molecule has 3 rings (SSSR count). The van der Waals surface area contributed by atoms with Gasteiger partial charge in [0.2, 0.25) is 0 Å². The van der Waals surface area contributed by atoms with Crippen molar-refractivity contribution >= 4 is 33.2 Å². The summed E-state index contributed by atoms with van der Waals surface area (Å²) in [6.07, 6.45) is 3.23. The van der Waals surface area contributed by atoms with Crippen molar-refractivity contribution in [3.63, 3.8) is 0 Å². The summed E-state index contributed by atoms with van der Waals surface area (Å²) in [5.74, 6) is 0.108. The second-order valence-electron chi connectivity index (χ2n) is 5.07. The summed E-state index contributed by atoms with van der Waals surface area (Å²) in [7, 11) is 0. The maximum atomic E-state index is 11.1. The first-order valence-electron chi connectivity index (χ1n) is 6.48. The zero-order valence-electron chi connectivity index (χ0n) is 10.7. The third-order valence-corrected chi connectivity index (χ3v) is 4.74. The fourth-order valence-corrected chi connectivity index (χ4v) is 3.60. The lowest BCUT2D eigenvalue weighted by Gasteiger charge is -2.37. The van der Waals surface area contributed by atoms with Gasteiger partial charge in [-0.1, -0.05) is 0 Å². The van der Waals surface area contributed by atoms with E-state index >= 15 is 0 Å². The third-order valence-electron chi connectivity index (χ3n) is 3.86. The number of hydrogen-bond donors (Lipinski definition) is 1. The van der Waals surface area contributed by atoms with Crippen LogP contribution in [0.4, 0.5) is 5.82 Å². The van der Waals surface area contributed by atoms with Gasteiger partial charge in [0.25, 0.3) is 0 Å². The van der Waals surface area contributed by atoms with E-state index in [1.807, 2.05) is 12.3 Å². The van der Waals surface area contributed by atoms with E-state index in [0.717, 1.165) is 12.4 Å². The SMILES string of the molecule is CC1CC(C(=O)O)CCN1c1nccc2sccc12. The van der Waals surface area contributed by atoms with E-state index in [4.69, 9.17) is 5.11 Å². The number of rotatable bonds is 2. The summed E-state index contributed by atoms with van der Waals surface area (Å²) in [6, 6.07) is 4.34.